The Labute approximate surface area is 669 Å². The van der Waals surface area contributed by atoms with Gasteiger partial charge in [-0.3, -0.25) is 87.5 Å². The van der Waals surface area contributed by atoms with E-state index in [1.165, 1.54) is 53.0 Å². The zero-order valence-electron chi connectivity index (χ0n) is 62.2. The normalized spacial score (nSPS) is 23.6. The van der Waals surface area contributed by atoms with E-state index in [0.29, 0.717) is 62.7 Å². The number of hydrogen-bond donors (Lipinski definition) is 22. The zero-order valence-corrected chi connectivity index (χ0v) is 65.5. The molecule has 6 heterocycles. The Morgan fingerprint density at radius 2 is 0.833 bits per heavy atom. The van der Waals surface area contributed by atoms with E-state index >= 15 is 0 Å². The highest BCUT2D eigenvalue weighted by Gasteiger charge is 2.43. The Bertz CT molecular complexity index is 3910. The van der Waals surface area contributed by atoms with E-state index in [1.54, 1.807) is 24.5 Å². The van der Waals surface area contributed by atoms with Crippen LogP contribution in [-0.2, 0) is 89.6 Å². The number of aromatic nitrogens is 2. The summed E-state index contributed by atoms with van der Waals surface area (Å²) < 4.78 is 0. The molecule has 0 radical (unpaired) electrons. The number of nitrogens with zero attached hydrogens (tertiary/aromatic N) is 2. The lowest BCUT2D eigenvalue weighted by Crippen LogP contribution is -2.59. The molecule has 2 aromatic heterocycles. The van der Waals surface area contributed by atoms with Gasteiger partial charge in [0, 0.05) is 109 Å². The van der Waals surface area contributed by atoms with Gasteiger partial charge in [0.15, 0.2) is 11.9 Å². The van der Waals surface area contributed by atoms with Crippen molar-refractivity contribution in [3.05, 3.63) is 72.1 Å². The van der Waals surface area contributed by atoms with Gasteiger partial charge < -0.3 is 117 Å². The van der Waals surface area contributed by atoms with Gasteiger partial charge in [0.25, 0.3) is 0 Å². The van der Waals surface area contributed by atoms with Crippen molar-refractivity contribution in [1.29, 1.82) is 10.8 Å². The second-order valence-corrected chi connectivity index (χ2v) is 32.3. The molecule has 4 aliphatic rings. The highest BCUT2D eigenvalue weighted by Crippen LogP contribution is 2.28. The van der Waals surface area contributed by atoms with Crippen molar-refractivity contribution in [3.63, 3.8) is 0 Å². The van der Waals surface area contributed by atoms with Gasteiger partial charge >= 0.3 is 11.9 Å². The number of aromatic amines is 2. The maximum Gasteiger partial charge on any atom is 0.305 e. The maximum atomic E-state index is 14.3. The number of carboxylic acids is 2. The zero-order chi connectivity index (χ0) is 83.0. The van der Waals surface area contributed by atoms with Crippen molar-refractivity contribution in [2.45, 2.75) is 163 Å². The molecular formula is C70H98N22O18S4. The number of nitrogens with two attached hydrogens (primary N) is 4. The Hall–Kier alpha value is -11.0. The predicted molar refractivity (Wildman–Crippen MR) is 424 cm³/mol. The molecule has 0 saturated carbocycles. The number of carbonyl (C=O) groups excluding carboxylic acids is 14. The highest BCUT2D eigenvalue weighted by molar-refractivity contribution is 8.77. The summed E-state index contributed by atoms with van der Waals surface area (Å²) in [4.78, 5) is 219. The van der Waals surface area contributed by atoms with Crippen LogP contribution >= 0.6 is 43.2 Å². The van der Waals surface area contributed by atoms with Crippen molar-refractivity contribution in [1.82, 2.24) is 83.6 Å². The van der Waals surface area contributed by atoms with E-state index in [4.69, 9.17) is 33.8 Å². The second kappa shape index (κ2) is 45.6. The summed E-state index contributed by atoms with van der Waals surface area (Å²) in [6.45, 7) is -0.347. The van der Waals surface area contributed by atoms with E-state index in [2.05, 4.69) is 73.8 Å². The first-order valence-corrected chi connectivity index (χ1v) is 41.8. The Morgan fingerprint density at radius 1 is 0.456 bits per heavy atom. The Kier molecular flexibility index (Phi) is 36.1. The van der Waals surface area contributed by atoms with Crippen LogP contribution in [0, 0.1) is 10.8 Å². The van der Waals surface area contributed by atoms with Gasteiger partial charge in [-0.1, -0.05) is 79.6 Å². The van der Waals surface area contributed by atoms with Crippen molar-refractivity contribution >= 4 is 172 Å². The van der Waals surface area contributed by atoms with Crippen LogP contribution in [0.3, 0.4) is 0 Å². The lowest BCUT2D eigenvalue weighted by atomic mass is 10.0. The summed E-state index contributed by atoms with van der Waals surface area (Å²) in [6, 6.07) is 2.12. The van der Waals surface area contributed by atoms with Crippen molar-refractivity contribution in [2.75, 3.05) is 62.3 Å². The van der Waals surface area contributed by atoms with Crippen LogP contribution in [-0.4, -0.2) is 259 Å². The van der Waals surface area contributed by atoms with Gasteiger partial charge in [-0.15, -0.1) is 0 Å². The minimum Gasteiger partial charge on any atom is -0.481 e. The Balaban J connectivity index is 0.000000316. The summed E-state index contributed by atoms with van der Waals surface area (Å²) in [5.41, 5.74) is 24.7. The molecule has 0 bridgehead atoms. The molecule has 0 spiro atoms. The van der Waals surface area contributed by atoms with Crippen molar-refractivity contribution in [3.8, 4) is 0 Å². The van der Waals surface area contributed by atoms with Gasteiger partial charge in [0.2, 0.25) is 82.7 Å². The summed E-state index contributed by atoms with van der Waals surface area (Å²) in [5, 5.41) is 66.1. The summed E-state index contributed by atoms with van der Waals surface area (Å²) in [5.74, 6) is -13.0. The number of nitrogens with one attached hydrogen (secondary N) is 16. The van der Waals surface area contributed by atoms with Crippen LogP contribution in [0.1, 0.15) is 101 Å². The van der Waals surface area contributed by atoms with E-state index in [1.807, 2.05) is 36.4 Å². The molecule has 0 aliphatic carbocycles. The number of amides is 14. The maximum absolute atomic E-state index is 14.3. The first kappa shape index (κ1) is 90.2. The highest BCUT2D eigenvalue weighted by atomic mass is 33.1. The molecule has 620 valence electrons. The number of primary amides is 2. The molecule has 4 aliphatic heterocycles. The largest absolute Gasteiger partial charge is 0.481 e. The average molecular weight is 1660 g/mol. The molecule has 44 heteroatoms. The van der Waals surface area contributed by atoms with Gasteiger partial charge in [-0.05, 0) is 87.5 Å². The summed E-state index contributed by atoms with van der Waals surface area (Å²) in [6.07, 6.45) is 4.98. The molecule has 0 unspecified atom stereocenters. The van der Waals surface area contributed by atoms with E-state index < -0.39 is 181 Å². The number of guanidine groups is 2. The van der Waals surface area contributed by atoms with Gasteiger partial charge in [-0.2, -0.15) is 0 Å². The SMILES string of the molecule is N=C(N)NCCCC[C@@H]1NC(=O)CCSSC[C@@H](C(N)=O)NC(=O)[C@@H]2CCCN2C(=O)[C@H](Cc2c[nH]c3ccccc23)NC(=O)[C@H](CC(=O)O)NC(=O)CNC1=O.N=C(N)NCCCC[C@@H]1NC(=O)CCSSC[C@@H](C(N)=O)NC(=O)[C@@H]2CCCN2C(=O)[C@H](Cc2c[nH]c3ccccc23)NC(=O)[C@H](CC(=O)O)NC(=O)CNC1=O. The molecule has 8 rings (SSSR count). The van der Waals surface area contributed by atoms with Crippen LogP contribution in [0.5, 0.6) is 0 Å². The molecule has 2 aromatic carbocycles. The summed E-state index contributed by atoms with van der Waals surface area (Å²) in [7, 11) is 4.89. The number of aliphatic carboxylic acids is 2. The third kappa shape index (κ3) is 28.9. The smallest absolute Gasteiger partial charge is 0.305 e. The molecule has 4 saturated heterocycles. The average Bonchev–Trinajstić information content (AvgIpc) is 1.65. The van der Waals surface area contributed by atoms with E-state index in [-0.39, 0.29) is 99.4 Å². The number of hydrogen-bond acceptors (Lipinski definition) is 22. The standard InChI is InChI=1S/2C35H49N11O9S2/c2*36-30(51)25-18-57-56-13-10-27(47)42-22(8-3-4-11-39-35(37)38)31(52)41-17-28(48)43-23(15-29(49)50)32(53)44-24(14-19-16-40-21-7-2-1-6-20(19)21)34(55)46-12-5-9-26(46)33(54)45-25/h2*1-2,6-7,16,22-26,40H,3-5,8-15,17-18H2,(H2,36,51)(H,41,52)(H,42,47)(H,43,48)(H,44,53)(H,45,54)(H,49,50)(H4,37,38,39)/t2*22-,23-,24-,25-,26-/m00/s1. The van der Waals surface area contributed by atoms with Gasteiger partial charge in [-0.25, -0.2) is 0 Å². The van der Waals surface area contributed by atoms with Crippen LogP contribution < -0.4 is 86.7 Å². The number of unbranched alkanes of at least 4 members (excludes halogenated alkanes) is 2. The van der Waals surface area contributed by atoms with Crippen LogP contribution in [0.4, 0.5) is 0 Å². The molecule has 10 atom stereocenters. The number of carbonyl (C=O) groups is 16. The van der Waals surface area contributed by atoms with E-state index in [0.717, 1.165) is 21.8 Å². The van der Waals surface area contributed by atoms with Crippen LogP contribution in [0.2, 0.25) is 0 Å². The van der Waals surface area contributed by atoms with Crippen molar-refractivity contribution < 1.29 is 86.9 Å². The van der Waals surface area contributed by atoms with Gasteiger partial charge in [0.05, 0.1) is 25.9 Å². The molecule has 14 amide bonds. The fraction of sp³-hybridized carbons (Fsp3) is 0.514. The minimum absolute atomic E-state index is 0.0216. The number of fused-ring (bicyclic) bond motifs is 4. The monoisotopic (exact) mass is 1660 g/mol. The molecule has 114 heavy (non-hydrogen) atoms. The topological polar surface area (TPSA) is 648 Å². The van der Waals surface area contributed by atoms with E-state index in [9.17, 15) is 86.9 Å². The van der Waals surface area contributed by atoms with Crippen molar-refractivity contribution in [2.24, 2.45) is 22.9 Å². The molecule has 40 nitrogen and oxygen atoms in total. The number of para-hydroxylation sites is 2. The third-order valence-electron chi connectivity index (χ3n) is 18.6. The predicted octanol–water partition coefficient (Wildman–Crippen LogP) is -3.69. The first-order valence-electron chi connectivity index (χ1n) is 36.8. The first-order chi connectivity index (χ1) is 54.5. The van der Waals surface area contributed by atoms with Gasteiger partial charge in [0.1, 0.15) is 60.4 Å². The lowest BCUT2D eigenvalue weighted by molar-refractivity contribution is -0.143. The summed E-state index contributed by atoms with van der Waals surface area (Å²) >= 11 is 0. The minimum atomic E-state index is -1.68. The molecule has 26 N–H and O–H groups in total. The molecule has 4 fully saturated rings. The molecular weight excluding hydrogens is 1570 g/mol. The number of benzene rings is 2. The van der Waals surface area contributed by atoms with Crippen LogP contribution in [0.15, 0.2) is 60.9 Å². The third-order valence-corrected chi connectivity index (χ3v) is 23.4. The van der Waals surface area contributed by atoms with Crippen LogP contribution in [0.25, 0.3) is 21.8 Å². The lowest BCUT2D eigenvalue weighted by Gasteiger charge is -2.30. The number of H-pyrrole nitrogens is 2. The number of rotatable bonds is 20. The fourth-order valence-electron chi connectivity index (χ4n) is 12.8. The molecule has 4 aromatic rings. The Morgan fingerprint density at radius 3 is 1.20 bits per heavy atom. The quantitative estimate of drug-likeness (QED) is 0.0175. The number of carboxylic acid groups (broad SMARTS) is 2. The second-order valence-electron chi connectivity index (χ2n) is 27.1. The fourth-order valence-corrected chi connectivity index (χ4v) is 17.2.